The zero-order valence-electron chi connectivity index (χ0n) is 9.92. The standard InChI is InChI=1S/C11H21N3O/c1-4-6-14(7-5-2)11-13-10(8-12-3)9-15-11/h9,12H,4-8H2,1-3H3. The fraction of sp³-hybridized carbons (Fsp3) is 0.727. The summed E-state index contributed by atoms with van der Waals surface area (Å²) < 4.78 is 5.46. The number of nitrogens with one attached hydrogen (secondary N) is 1. The van der Waals surface area contributed by atoms with E-state index in [0.29, 0.717) is 0 Å². The molecule has 1 aromatic rings. The molecule has 1 N–H and O–H groups in total. The van der Waals surface area contributed by atoms with E-state index < -0.39 is 0 Å². The summed E-state index contributed by atoms with van der Waals surface area (Å²) in [6.07, 6.45) is 3.96. The summed E-state index contributed by atoms with van der Waals surface area (Å²) in [6.45, 7) is 7.11. The van der Waals surface area contributed by atoms with Gasteiger partial charge >= 0.3 is 0 Å². The average molecular weight is 211 g/mol. The molecule has 0 aromatic carbocycles. The molecule has 1 heterocycles. The Labute approximate surface area is 91.7 Å². The second kappa shape index (κ2) is 6.45. The van der Waals surface area contributed by atoms with Gasteiger partial charge in [0.1, 0.15) is 6.26 Å². The number of anilines is 1. The van der Waals surface area contributed by atoms with Gasteiger partial charge in [0, 0.05) is 19.6 Å². The van der Waals surface area contributed by atoms with E-state index in [1.54, 1.807) is 6.26 Å². The molecule has 15 heavy (non-hydrogen) atoms. The molecule has 0 spiro atoms. The van der Waals surface area contributed by atoms with Crippen LogP contribution in [0.1, 0.15) is 32.4 Å². The molecule has 4 heteroatoms. The van der Waals surface area contributed by atoms with Crippen molar-refractivity contribution >= 4 is 6.01 Å². The van der Waals surface area contributed by atoms with Gasteiger partial charge in [-0.25, -0.2) is 0 Å². The quantitative estimate of drug-likeness (QED) is 0.749. The van der Waals surface area contributed by atoms with E-state index in [0.717, 1.165) is 44.2 Å². The minimum atomic E-state index is 0.754. The molecule has 0 bridgehead atoms. The Morgan fingerprint density at radius 3 is 2.53 bits per heavy atom. The van der Waals surface area contributed by atoms with Gasteiger partial charge in [0.05, 0.1) is 5.69 Å². The van der Waals surface area contributed by atoms with Gasteiger partial charge in [-0.1, -0.05) is 13.8 Å². The molecule has 0 unspecified atom stereocenters. The molecule has 86 valence electrons. The highest BCUT2D eigenvalue weighted by Gasteiger charge is 2.10. The maximum Gasteiger partial charge on any atom is 0.297 e. The predicted octanol–water partition coefficient (Wildman–Crippen LogP) is 2.02. The first-order valence-electron chi connectivity index (χ1n) is 5.65. The van der Waals surface area contributed by atoms with E-state index in [9.17, 15) is 0 Å². The number of oxazole rings is 1. The van der Waals surface area contributed by atoms with Crippen LogP contribution in [0.5, 0.6) is 0 Å². The molecule has 0 atom stereocenters. The van der Waals surface area contributed by atoms with E-state index in [4.69, 9.17) is 4.42 Å². The molecule has 0 amide bonds. The first-order valence-corrected chi connectivity index (χ1v) is 5.65. The third-order valence-corrected chi connectivity index (χ3v) is 2.16. The maximum atomic E-state index is 5.46. The highest BCUT2D eigenvalue weighted by molar-refractivity contribution is 5.26. The smallest absolute Gasteiger partial charge is 0.297 e. The van der Waals surface area contributed by atoms with Gasteiger partial charge in [-0.3, -0.25) is 0 Å². The molecule has 4 nitrogen and oxygen atoms in total. The normalized spacial score (nSPS) is 10.6. The molecule has 1 rings (SSSR count). The summed E-state index contributed by atoms with van der Waals surface area (Å²) in [7, 11) is 1.91. The topological polar surface area (TPSA) is 41.3 Å². The Balaban J connectivity index is 2.63. The molecule has 0 saturated carbocycles. The number of hydrogen-bond acceptors (Lipinski definition) is 4. The van der Waals surface area contributed by atoms with Gasteiger partial charge < -0.3 is 14.6 Å². The van der Waals surface area contributed by atoms with Gasteiger partial charge in [-0.2, -0.15) is 4.98 Å². The van der Waals surface area contributed by atoms with Crippen LogP contribution in [-0.2, 0) is 6.54 Å². The lowest BCUT2D eigenvalue weighted by Crippen LogP contribution is -2.25. The largest absolute Gasteiger partial charge is 0.432 e. The predicted molar refractivity (Wildman–Crippen MR) is 62.1 cm³/mol. The van der Waals surface area contributed by atoms with Crippen LogP contribution in [0.15, 0.2) is 10.7 Å². The molecule has 0 aliphatic rings. The molecule has 1 aromatic heterocycles. The van der Waals surface area contributed by atoms with Crippen LogP contribution in [-0.4, -0.2) is 25.1 Å². The third kappa shape index (κ3) is 3.55. The van der Waals surface area contributed by atoms with E-state index in [1.165, 1.54) is 0 Å². The summed E-state index contributed by atoms with van der Waals surface area (Å²) in [5.41, 5.74) is 0.963. The number of nitrogens with zero attached hydrogens (tertiary/aromatic N) is 2. The summed E-state index contributed by atoms with van der Waals surface area (Å²) >= 11 is 0. The van der Waals surface area contributed by atoms with Crippen LogP contribution in [0.4, 0.5) is 6.01 Å². The zero-order chi connectivity index (χ0) is 11.1. The van der Waals surface area contributed by atoms with Crippen molar-refractivity contribution in [1.82, 2.24) is 10.3 Å². The first kappa shape index (κ1) is 12.0. The molecule has 0 saturated heterocycles. The van der Waals surface area contributed by atoms with Gasteiger partial charge in [0.25, 0.3) is 6.01 Å². The molecule has 0 aliphatic carbocycles. The summed E-state index contributed by atoms with van der Waals surface area (Å²) in [5.74, 6) is 0. The summed E-state index contributed by atoms with van der Waals surface area (Å²) in [4.78, 5) is 6.63. The van der Waals surface area contributed by atoms with E-state index in [-0.39, 0.29) is 0 Å². The van der Waals surface area contributed by atoms with E-state index >= 15 is 0 Å². The lowest BCUT2D eigenvalue weighted by molar-refractivity contribution is 0.528. The Hall–Kier alpha value is -1.03. The second-order valence-electron chi connectivity index (χ2n) is 3.64. The van der Waals surface area contributed by atoms with Crippen LogP contribution in [0.3, 0.4) is 0 Å². The van der Waals surface area contributed by atoms with Crippen LogP contribution < -0.4 is 10.2 Å². The van der Waals surface area contributed by atoms with Gasteiger partial charge in [0.2, 0.25) is 0 Å². The van der Waals surface area contributed by atoms with Crippen molar-refractivity contribution in [1.29, 1.82) is 0 Å². The highest BCUT2D eigenvalue weighted by atomic mass is 16.4. The minimum absolute atomic E-state index is 0.754. The van der Waals surface area contributed by atoms with Crippen molar-refractivity contribution in [2.24, 2.45) is 0 Å². The second-order valence-corrected chi connectivity index (χ2v) is 3.64. The number of aromatic nitrogens is 1. The van der Waals surface area contributed by atoms with Crippen LogP contribution in [0, 0.1) is 0 Å². The minimum Gasteiger partial charge on any atom is -0.432 e. The molecular formula is C11H21N3O. The number of hydrogen-bond donors (Lipinski definition) is 1. The van der Waals surface area contributed by atoms with Crippen LogP contribution in [0.25, 0.3) is 0 Å². The van der Waals surface area contributed by atoms with Crippen molar-refractivity contribution in [3.8, 4) is 0 Å². The van der Waals surface area contributed by atoms with E-state index in [1.807, 2.05) is 7.05 Å². The van der Waals surface area contributed by atoms with Crippen molar-refractivity contribution in [2.45, 2.75) is 33.2 Å². The third-order valence-electron chi connectivity index (χ3n) is 2.16. The Morgan fingerprint density at radius 2 is 2.00 bits per heavy atom. The molecule has 0 fully saturated rings. The Morgan fingerprint density at radius 1 is 1.33 bits per heavy atom. The molecule has 0 radical (unpaired) electrons. The lowest BCUT2D eigenvalue weighted by atomic mass is 10.4. The monoisotopic (exact) mass is 211 g/mol. The van der Waals surface area contributed by atoms with Crippen molar-refractivity contribution < 1.29 is 4.42 Å². The fourth-order valence-electron chi connectivity index (χ4n) is 1.55. The highest BCUT2D eigenvalue weighted by Crippen LogP contribution is 2.14. The maximum absolute atomic E-state index is 5.46. The molecule has 0 aliphatic heterocycles. The Bertz CT molecular complexity index is 267. The van der Waals surface area contributed by atoms with Gasteiger partial charge in [-0.15, -0.1) is 0 Å². The SMILES string of the molecule is CCCN(CCC)c1nc(CNC)co1. The Kier molecular flexibility index (Phi) is 5.18. The first-order chi connectivity index (χ1) is 7.31. The van der Waals surface area contributed by atoms with Gasteiger partial charge in [0.15, 0.2) is 0 Å². The number of rotatable bonds is 7. The molecular weight excluding hydrogens is 190 g/mol. The summed E-state index contributed by atoms with van der Waals surface area (Å²) in [6, 6.07) is 0.754. The summed E-state index contributed by atoms with van der Waals surface area (Å²) in [5, 5.41) is 3.06. The van der Waals surface area contributed by atoms with Crippen molar-refractivity contribution in [3.63, 3.8) is 0 Å². The average Bonchev–Trinajstić information content (AvgIpc) is 2.67. The van der Waals surface area contributed by atoms with Crippen LogP contribution in [0.2, 0.25) is 0 Å². The van der Waals surface area contributed by atoms with Crippen molar-refractivity contribution in [3.05, 3.63) is 12.0 Å². The van der Waals surface area contributed by atoms with Crippen molar-refractivity contribution in [2.75, 3.05) is 25.0 Å². The van der Waals surface area contributed by atoms with Crippen LogP contribution >= 0.6 is 0 Å². The fourth-order valence-corrected chi connectivity index (χ4v) is 1.55. The van der Waals surface area contributed by atoms with E-state index in [2.05, 4.69) is 29.0 Å². The van der Waals surface area contributed by atoms with Gasteiger partial charge in [-0.05, 0) is 19.9 Å². The lowest BCUT2D eigenvalue weighted by Gasteiger charge is -2.18. The zero-order valence-corrected chi connectivity index (χ0v) is 9.92.